The number of carbonyl (C=O) groups excluding carboxylic acids is 2. The minimum absolute atomic E-state index is 0.141. The molecule has 1 aliphatic heterocycles. The number of nitrogens with one attached hydrogen (secondary N) is 1. The monoisotopic (exact) mass is 248 g/mol. The van der Waals surface area contributed by atoms with Gasteiger partial charge in [-0.3, -0.25) is 9.69 Å². The standard InChI is InChI=1S/C13H16N2O3/c1-10-12(16)14-7-8-15(10)13(17)18-9-11-5-3-2-4-6-11/h2-6,10H,7-9H2,1H3,(H,14,16). The molecular formula is C13H16N2O3. The molecule has 1 unspecified atom stereocenters. The lowest BCUT2D eigenvalue weighted by atomic mass is 10.2. The Labute approximate surface area is 106 Å². The summed E-state index contributed by atoms with van der Waals surface area (Å²) in [5.74, 6) is -0.141. The van der Waals surface area contributed by atoms with Crippen LogP contribution in [-0.2, 0) is 16.1 Å². The minimum Gasteiger partial charge on any atom is -0.445 e. The summed E-state index contributed by atoms with van der Waals surface area (Å²) in [6.07, 6.45) is -0.443. The summed E-state index contributed by atoms with van der Waals surface area (Å²) in [4.78, 5) is 24.7. The molecule has 1 aromatic rings. The molecule has 0 bridgehead atoms. The zero-order valence-corrected chi connectivity index (χ0v) is 10.3. The van der Waals surface area contributed by atoms with Crippen molar-refractivity contribution in [2.75, 3.05) is 13.1 Å². The average Bonchev–Trinajstić information content (AvgIpc) is 2.40. The maximum atomic E-state index is 11.9. The van der Waals surface area contributed by atoms with E-state index in [4.69, 9.17) is 4.74 Å². The number of piperazine rings is 1. The van der Waals surface area contributed by atoms with Gasteiger partial charge < -0.3 is 10.1 Å². The second-order valence-corrected chi connectivity index (χ2v) is 4.20. The van der Waals surface area contributed by atoms with Gasteiger partial charge in [0.1, 0.15) is 12.6 Å². The van der Waals surface area contributed by atoms with E-state index in [1.54, 1.807) is 6.92 Å². The molecule has 1 fully saturated rings. The summed E-state index contributed by atoms with van der Waals surface area (Å²) in [6.45, 7) is 2.88. The third kappa shape index (κ3) is 2.80. The van der Waals surface area contributed by atoms with Crippen LogP contribution in [-0.4, -0.2) is 36.0 Å². The van der Waals surface area contributed by atoms with Gasteiger partial charge in [-0.1, -0.05) is 30.3 Å². The first-order chi connectivity index (χ1) is 8.68. The number of hydrogen-bond acceptors (Lipinski definition) is 3. The Morgan fingerprint density at radius 2 is 2.17 bits per heavy atom. The molecule has 1 atom stereocenters. The summed E-state index contributed by atoms with van der Waals surface area (Å²) in [6, 6.07) is 8.99. The number of hydrogen-bond donors (Lipinski definition) is 1. The van der Waals surface area contributed by atoms with Gasteiger partial charge in [0.15, 0.2) is 0 Å². The van der Waals surface area contributed by atoms with Crippen LogP contribution in [0.2, 0.25) is 0 Å². The van der Waals surface area contributed by atoms with Crippen LogP contribution in [0.15, 0.2) is 30.3 Å². The third-order valence-electron chi connectivity index (χ3n) is 2.94. The van der Waals surface area contributed by atoms with Gasteiger partial charge >= 0.3 is 6.09 Å². The van der Waals surface area contributed by atoms with Crippen molar-refractivity contribution in [3.63, 3.8) is 0 Å². The lowest BCUT2D eigenvalue weighted by molar-refractivity contribution is -0.127. The predicted octanol–water partition coefficient (Wildman–Crippen LogP) is 1.14. The van der Waals surface area contributed by atoms with Crippen molar-refractivity contribution >= 4 is 12.0 Å². The van der Waals surface area contributed by atoms with Crippen molar-refractivity contribution in [2.24, 2.45) is 0 Å². The molecule has 1 aliphatic rings. The predicted molar refractivity (Wildman–Crippen MR) is 65.8 cm³/mol. The van der Waals surface area contributed by atoms with Crippen molar-refractivity contribution in [3.8, 4) is 0 Å². The van der Waals surface area contributed by atoms with Crippen molar-refractivity contribution < 1.29 is 14.3 Å². The van der Waals surface area contributed by atoms with Gasteiger partial charge in [0.25, 0.3) is 0 Å². The van der Waals surface area contributed by atoms with Crippen LogP contribution in [0.1, 0.15) is 12.5 Å². The van der Waals surface area contributed by atoms with Crippen LogP contribution in [0, 0.1) is 0 Å². The molecule has 0 aromatic heterocycles. The maximum absolute atomic E-state index is 11.9. The molecule has 18 heavy (non-hydrogen) atoms. The smallest absolute Gasteiger partial charge is 0.410 e. The van der Waals surface area contributed by atoms with Crippen LogP contribution in [0.3, 0.4) is 0 Å². The van der Waals surface area contributed by atoms with E-state index in [0.717, 1.165) is 5.56 Å². The van der Waals surface area contributed by atoms with E-state index in [9.17, 15) is 9.59 Å². The Hall–Kier alpha value is -2.04. The van der Waals surface area contributed by atoms with E-state index in [1.165, 1.54) is 4.90 Å². The lowest BCUT2D eigenvalue weighted by Gasteiger charge is -2.31. The Morgan fingerprint density at radius 3 is 2.89 bits per heavy atom. The fourth-order valence-electron chi connectivity index (χ4n) is 1.83. The molecule has 2 amide bonds. The number of rotatable bonds is 2. The molecule has 0 spiro atoms. The highest BCUT2D eigenvalue weighted by Gasteiger charge is 2.30. The first-order valence-electron chi connectivity index (χ1n) is 5.93. The van der Waals surface area contributed by atoms with Crippen molar-refractivity contribution in [1.29, 1.82) is 0 Å². The zero-order valence-electron chi connectivity index (χ0n) is 10.3. The fourth-order valence-corrected chi connectivity index (χ4v) is 1.83. The van der Waals surface area contributed by atoms with Gasteiger partial charge in [-0.25, -0.2) is 4.79 Å². The molecule has 1 N–H and O–H groups in total. The van der Waals surface area contributed by atoms with Gasteiger partial charge in [0.2, 0.25) is 5.91 Å². The fraction of sp³-hybridized carbons (Fsp3) is 0.385. The average molecular weight is 248 g/mol. The van der Waals surface area contributed by atoms with Crippen molar-refractivity contribution in [3.05, 3.63) is 35.9 Å². The third-order valence-corrected chi connectivity index (χ3v) is 2.94. The Balaban J connectivity index is 1.90. The quantitative estimate of drug-likeness (QED) is 0.854. The summed E-state index contributed by atoms with van der Waals surface area (Å²) in [5.41, 5.74) is 0.931. The second-order valence-electron chi connectivity index (χ2n) is 4.20. The summed E-state index contributed by atoms with van der Waals surface area (Å²) in [7, 11) is 0. The topological polar surface area (TPSA) is 58.6 Å². The van der Waals surface area contributed by atoms with E-state index < -0.39 is 12.1 Å². The molecule has 5 nitrogen and oxygen atoms in total. The molecule has 2 rings (SSSR count). The normalized spacial score (nSPS) is 19.3. The van der Waals surface area contributed by atoms with Crippen LogP contribution in [0.25, 0.3) is 0 Å². The molecule has 1 saturated heterocycles. The highest BCUT2D eigenvalue weighted by atomic mass is 16.6. The molecule has 96 valence electrons. The number of amides is 2. The van der Waals surface area contributed by atoms with Crippen molar-refractivity contribution in [2.45, 2.75) is 19.6 Å². The highest BCUT2D eigenvalue weighted by Crippen LogP contribution is 2.08. The van der Waals surface area contributed by atoms with Gasteiger partial charge in [-0.2, -0.15) is 0 Å². The molecule has 0 saturated carbocycles. The molecule has 1 heterocycles. The molecule has 5 heteroatoms. The molecule has 0 aliphatic carbocycles. The summed E-state index contributed by atoms with van der Waals surface area (Å²) < 4.78 is 5.19. The Morgan fingerprint density at radius 1 is 1.44 bits per heavy atom. The number of carbonyl (C=O) groups is 2. The number of ether oxygens (including phenoxy) is 1. The molecular weight excluding hydrogens is 232 g/mol. The highest BCUT2D eigenvalue weighted by molar-refractivity contribution is 5.86. The van der Waals surface area contributed by atoms with Crippen LogP contribution >= 0.6 is 0 Å². The maximum Gasteiger partial charge on any atom is 0.410 e. The van der Waals surface area contributed by atoms with Crippen LogP contribution < -0.4 is 5.32 Å². The summed E-state index contributed by atoms with van der Waals surface area (Å²) in [5, 5.41) is 2.70. The molecule has 1 aromatic carbocycles. The SMILES string of the molecule is CC1C(=O)NCCN1C(=O)OCc1ccccc1. The second kappa shape index (κ2) is 5.53. The van der Waals surface area contributed by atoms with Crippen LogP contribution in [0.5, 0.6) is 0 Å². The zero-order chi connectivity index (χ0) is 13.0. The van der Waals surface area contributed by atoms with Crippen LogP contribution in [0.4, 0.5) is 4.79 Å². The lowest BCUT2D eigenvalue weighted by Crippen LogP contribution is -2.55. The first-order valence-corrected chi connectivity index (χ1v) is 5.93. The largest absolute Gasteiger partial charge is 0.445 e. The first kappa shape index (κ1) is 12.4. The Kier molecular flexibility index (Phi) is 3.82. The number of nitrogens with zero attached hydrogens (tertiary/aromatic N) is 1. The van der Waals surface area contributed by atoms with Crippen molar-refractivity contribution in [1.82, 2.24) is 10.2 Å². The summed E-state index contributed by atoms with van der Waals surface area (Å²) >= 11 is 0. The Bertz CT molecular complexity index is 433. The van der Waals surface area contributed by atoms with Gasteiger partial charge in [-0.15, -0.1) is 0 Å². The van der Waals surface area contributed by atoms with E-state index in [-0.39, 0.29) is 12.5 Å². The van der Waals surface area contributed by atoms with E-state index in [2.05, 4.69) is 5.32 Å². The van der Waals surface area contributed by atoms with Gasteiger partial charge in [-0.05, 0) is 12.5 Å². The molecule has 0 radical (unpaired) electrons. The minimum atomic E-state index is -0.470. The van der Waals surface area contributed by atoms with E-state index in [0.29, 0.717) is 13.1 Å². The number of benzene rings is 1. The van der Waals surface area contributed by atoms with E-state index >= 15 is 0 Å². The van der Waals surface area contributed by atoms with E-state index in [1.807, 2.05) is 30.3 Å². The van der Waals surface area contributed by atoms with Gasteiger partial charge in [0, 0.05) is 13.1 Å². The van der Waals surface area contributed by atoms with Gasteiger partial charge in [0.05, 0.1) is 0 Å².